The van der Waals surface area contributed by atoms with E-state index in [4.69, 9.17) is 4.74 Å². The normalized spacial score (nSPS) is 13.3. The molecule has 4 heteroatoms. The lowest BCUT2D eigenvalue weighted by Gasteiger charge is -2.22. The van der Waals surface area contributed by atoms with Crippen molar-refractivity contribution in [2.75, 3.05) is 14.2 Å². The third-order valence-electron chi connectivity index (χ3n) is 5.22. The highest BCUT2D eigenvalue weighted by molar-refractivity contribution is 5.72. The Morgan fingerprint density at radius 1 is 0.720 bits per heavy atom. The molecule has 0 amide bonds. The third kappa shape index (κ3) is 12.0. The van der Waals surface area contributed by atoms with Crippen LogP contribution < -0.4 is 0 Å². The minimum atomic E-state index is -0.0945. The second kappa shape index (κ2) is 16.4. The summed E-state index contributed by atoms with van der Waals surface area (Å²) < 4.78 is 9.57. The summed E-state index contributed by atoms with van der Waals surface area (Å²) in [5.74, 6) is 0.400. The van der Waals surface area contributed by atoms with E-state index >= 15 is 0 Å². The molecule has 0 aliphatic heterocycles. The van der Waals surface area contributed by atoms with Gasteiger partial charge in [-0.1, -0.05) is 71.6 Å². The molecule has 0 saturated carbocycles. The molecular weight excluding hydrogens is 316 g/mol. The van der Waals surface area contributed by atoms with Crippen LogP contribution in [0.4, 0.5) is 0 Å². The number of carbonyl (C=O) groups is 2. The van der Waals surface area contributed by atoms with Gasteiger partial charge in [-0.05, 0) is 25.2 Å². The van der Waals surface area contributed by atoms with Crippen LogP contribution in [-0.4, -0.2) is 26.2 Å². The zero-order valence-electron chi connectivity index (χ0n) is 17.0. The van der Waals surface area contributed by atoms with E-state index in [0.29, 0.717) is 12.3 Å². The molecule has 0 aromatic heterocycles. The molecule has 0 aromatic carbocycles. The van der Waals surface area contributed by atoms with E-state index in [0.717, 1.165) is 32.1 Å². The van der Waals surface area contributed by atoms with Gasteiger partial charge in [-0.15, -0.1) is 0 Å². The SMILES string of the molecule is CCC(CCCCCCCCCCCC(=O)OC)C(CC)C(=O)OC. The van der Waals surface area contributed by atoms with E-state index in [1.54, 1.807) is 0 Å². The van der Waals surface area contributed by atoms with E-state index in [-0.39, 0.29) is 17.9 Å². The minimum Gasteiger partial charge on any atom is -0.469 e. The molecule has 0 aromatic rings. The molecule has 0 fully saturated rings. The van der Waals surface area contributed by atoms with Crippen LogP contribution in [0.3, 0.4) is 0 Å². The van der Waals surface area contributed by atoms with Crippen LogP contribution in [0.1, 0.15) is 97.3 Å². The maximum Gasteiger partial charge on any atom is 0.308 e. The molecule has 0 spiro atoms. The Morgan fingerprint density at radius 2 is 1.24 bits per heavy atom. The van der Waals surface area contributed by atoms with Crippen LogP contribution in [0.15, 0.2) is 0 Å². The van der Waals surface area contributed by atoms with Crippen LogP contribution in [0.25, 0.3) is 0 Å². The molecule has 0 rings (SSSR count). The number of carbonyl (C=O) groups excluding carboxylic acids is 2. The van der Waals surface area contributed by atoms with Gasteiger partial charge in [-0.25, -0.2) is 0 Å². The summed E-state index contributed by atoms with van der Waals surface area (Å²) in [4.78, 5) is 22.8. The topological polar surface area (TPSA) is 52.6 Å². The number of ether oxygens (including phenoxy) is 2. The lowest BCUT2D eigenvalue weighted by atomic mass is 9.84. The highest BCUT2D eigenvalue weighted by Gasteiger charge is 2.25. The Bertz CT molecular complexity index is 341. The molecule has 4 nitrogen and oxygen atoms in total. The van der Waals surface area contributed by atoms with E-state index in [2.05, 4.69) is 18.6 Å². The maximum absolute atomic E-state index is 11.8. The van der Waals surface area contributed by atoms with Gasteiger partial charge in [0, 0.05) is 6.42 Å². The van der Waals surface area contributed by atoms with Crippen LogP contribution in [0.2, 0.25) is 0 Å². The van der Waals surface area contributed by atoms with Gasteiger partial charge in [0.1, 0.15) is 0 Å². The summed E-state index contributed by atoms with van der Waals surface area (Å²) in [7, 11) is 2.94. The lowest BCUT2D eigenvalue weighted by Crippen LogP contribution is -2.24. The highest BCUT2D eigenvalue weighted by atomic mass is 16.5. The molecule has 2 unspecified atom stereocenters. The fourth-order valence-electron chi connectivity index (χ4n) is 3.55. The Labute approximate surface area is 155 Å². The predicted molar refractivity (Wildman–Crippen MR) is 102 cm³/mol. The Balaban J connectivity index is 3.58. The lowest BCUT2D eigenvalue weighted by molar-refractivity contribution is -0.147. The number of methoxy groups -OCH3 is 2. The van der Waals surface area contributed by atoms with Crippen molar-refractivity contribution in [2.24, 2.45) is 11.8 Å². The molecule has 148 valence electrons. The van der Waals surface area contributed by atoms with Crippen molar-refractivity contribution in [3.8, 4) is 0 Å². The highest BCUT2D eigenvalue weighted by Crippen LogP contribution is 2.26. The molecule has 0 radical (unpaired) electrons. The van der Waals surface area contributed by atoms with E-state index in [1.807, 2.05) is 0 Å². The fraction of sp³-hybridized carbons (Fsp3) is 0.905. The molecule has 0 saturated heterocycles. The Hall–Kier alpha value is -1.06. The van der Waals surface area contributed by atoms with Gasteiger partial charge in [0.25, 0.3) is 0 Å². The maximum atomic E-state index is 11.8. The van der Waals surface area contributed by atoms with Crippen molar-refractivity contribution in [2.45, 2.75) is 97.3 Å². The predicted octanol–water partition coefficient (Wildman–Crippen LogP) is 5.68. The largest absolute Gasteiger partial charge is 0.469 e. The average molecular weight is 357 g/mol. The van der Waals surface area contributed by atoms with Gasteiger partial charge in [0.2, 0.25) is 0 Å². The number of hydrogen-bond acceptors (Lipinski definition) is 4. The molecular formula is C21H40O4. The smallest absolute Gasteiger partial charge is 0.308 e. The summed E-state index contributed by atoms with van der Waals surface area (Å²) in [6.45, 7) is 4.26. The molecule has 0 aliphatic rings. The quantitative estimate of drug-likeness (QED) is 0.264. The van der Waals surface area contributed by atoms with Crippen molar-refractivity contribution in [1.82, 2.24) is 0 Å². The first-order valence-electron chi connectivity index (χ1n) is 10.2. The van der Waals surface area contributed by atoms with Crippen LogP contribution >= 0.6 is 0 Å². The van der Waals surface area contributed by atoms with Gasteiger partial charge in [0.05, 0.1) is 20.1 Å². The summed E-state index contributed by atoms with van der Waals surface area (Å²) >= 11 is 0. The fourth-order valence-corrected chi connectivity index (χ4v) is 3.55. The van der Waals surface area contributed by atoms with Crippen molar-refractivity contribution >= 4 is 11.9 Å². The third-order valence-corrected chi connectivity index (χ3v) is 5.22. The van der Waals surface area contributed by atoms with Crippen molar-refractivity contribution in [1.29, 1.82) is 0 Å². The van der Waals surface area contributed by atoms with Crippen LogP contribution in [0, 0.1) is 11.8 Å². The summed E-state index contributed by atoms with van der Waals surface area (Å²) in [5, 5.41) is 0. The molecule has 0 heterocycles. The average Bonchev–Trinajstić information content (AvgIpc) is 2.64. The first-order chi connectivity index (χ1) is 12.1. The monoisotopic (exact) mass is 356 g/mol. The molecule has 2 atom stereocenters. The summed E-state index contributed by atoms with van der Waals surface area (Å²) in [6.07, 6.45) is 14.5. The first-order valence-corrected chi connectivity index (χ1v) is 10.2. The number of esters is 2. The van der Waals surface area contributed by atoms with E-state index in [9.17, 15) is 9.59 Å². The first kappa shape index (κ1) is 23.9. The van der Waals surface area contributed by atoms with E-state index < -0.39 is 0 Å². The Morgan fingerprint density at radius 3 is 1.68 bits per heavy atom. The van der Waals surface area contributed by atoms with Crippen molar-refractivity contribution in [3.63, 3.8) is 0 Å². The van der Waals surface area contributed by atoms with Crippen LogP contribution in [-0.2, 0) is 19.1 Å². The van der Waals surface area contributed by atoms with Crippen molar-refractivity contribution in [3.05, 3.63) is 0 Å². The van der Waals surface area contributed by atoms with Gasteiger partial charge in [0.15, 0.2) is 0 Å². The molecule has 0 aliphatic carbocycles. The molecule has 25 heavy (non-hydrogen) atoms. The van der Waals surface area contributed by atoms with Gasteiger partial charge >= 0.3 is 11.9 Å². The second-order valence-electron chi connectivity index (χ2n) is 7.00. The van der Waals surface area contributed by atoms with Gasteiger partial charge in [-0.2, -0.15) is 0 Å². The van der Waals surface area contributed by atoms with Gasteiger partial charge in [-0.3, -0.25) is 9.59 Å². The van der Waals surface area contributed by atoms with E-state index in [1.165, 1.54) is 59.2 Å². The minimum absolute atomic E-state index is 0.0402. The molecule has 0 N–H and O–H groups in total. The van der Waals surface area contributed by atoms with Crippen LogP contribution in [0.5, 0.6) is 0 Å². The number of unbranched alkanes of at least 4 members (excludes halogenated alkanes) is 8. The Kier molecular flexibility index (Phi) is 15.7. The second-order valence-corrected chi connectivity index (χ2v) is 7.00. The summed E-state index contributed by atoms with van der Waals surface area (Å²) in [6, 6.07) is 0. The molecule has 0 bridgehead atoms. The standard InChI is InChI=1S/C21H40O4/c1-5-18(19(6-2)21(23)25-4)16-14-12-10-8-7-9-11-13-15-17-20(22)24-3/h18-19H,5-17H2,1-4H3. The zero-order chi connectivity index (χ0) is 18.9. The summed E-state index contributed by atoms with van der Waals surface area (Å²) in [5.41, 5.74) is 0. The van der Waals surface area contributed by atoms with Crippen molar-refractivity contribution < 1.29 is 19.1 Å². The zero-order valence-corrected chi connectivity index (χ0v) is 17.0. The number of rotatable bonds is 16. The number of hydrogen-bond donors (Lipinski definition) is 0. The van der Waals surface area contributed by atoms with Gasteiger partial charge < -0.3 is 9.47 Å².